The molecule has 0 saturated heterocycles. The average Bonchev–Trinajstić information content (AvgIpc) is 2.29. The second-order valence-electron chi connectivity index (χ2n) is 3.93. The van der Waals surface area contributed by atoms with E-state index in [1.807, 2.05) is 0 Å². The largest absolute Gasteiger partial charge is 0.479 e. The zero-order chi connectivity index (χ0) is 13.7. The molecule has 0 heterocycles. The van der Waals surface area contributed by atoms with Gasteiger partial charge in [0, 0.05) is 6.54 Å². The van der Waals surface area contributed by atoms with Crippen LogP contribution in [0.3, 0.4) is 0 Å². The van der Waals surface area contributed by atoms with Crippen LogP contribution in [0.5, 0.6) is 5.75 Å². The first kappa shape index (κ1) is 14.7. The summed E-state index contributed by atoms with van der Waals surface area (Å²) in [5.41, 5.74) is 0. The molecule has 0 spiro atoms. The molecule has 0 radical (unpaired) electrons. The number of amides is 1. The number of nitrogens with one attached hydrogen (secondary N) is 1. The molecule has 4 nitrogen and oxygen atoms in total. The first-order valence-electron chi connectivity index (χ1n) is 5.47. The molecule has 0 fully saturated rings. The summed E-state index contributed by atoms with van der Waals surface area (Å²) in [6, 6.07) is 3.66. The summed E-state index contributed by atoms with van der Waals surface area (Å²) < 4.78 is 18.1. The maximum absolute atomic E-state index is 12.8. The molecule has 1 aromatic rings. The van der Waals surface area contributed by atoms with Crippen LogP contribution < -0.4 is 10.1 Å². The van der Waals surface area contributed by atoms with Crippen LogP contribution in [0.15, 0.2) is 18.2 Å². The lowest BCUT2D eigenvalue weighted by atomic mass is 10.3. The fraction of sp³-hybridized carbons (Fsp3) is 0.417. The Labute approximate surface area is 110 Å². The zero-order valence-electron chi connectivity index (χ0n) is 10.1. The quantitative estimate of drug-likeness (QED) is 0.861. The Morgan fingerprint density at radius 2 is 2.22 bits per heavy atom. The van der Waals surface area contributed by atoms with Crippen molar-refractivity contribution in [2.24, 2.45) is 0 Å². The van der Waals surface area contributed by atoms with Gasteiger partial charge in [0.2, 0.25) is 0 Å². The van der Waals surface area contributed by atoms with Crippen LogP contribution in [-0.2, 0) is 4.79 Å². The van der Waals surface area contributed by atoms with E-state index in [0.717, 1.165) is 6.07 Å². The topological polar surface area (TPSA) is 58.6 Å². The number of carbonyl (C=O) groups is 1. The van der Waals surface area contributed by atoms with Gasteiger partial charge in [0.1, 0.15) is 11.6 Å². The van der Waals surface area contributed by atoms with E-state index in [4.69, 9.17) is 21.4 Å². The maximum atomic E-state index is 12.8. The van der Waals surface area contributed by atoms with Crippen molar-refractivity contribution in [1.82, 2.24) is 5.32 Å². The van der Waals surface area contributed by atoms with Crippen LogP contribution in [0, 0.1) is 5.82 Å². The lowest BCUT2D eigenvalue weighted by Gasteiger charge is -2.16. The number of carbonyl (C=O) groups excluding carboxylic acids is 1. The summed E-state index contributed by atoms with van der Waals surface area (Å²) in [6.45, 7) is 3.24. The van der Waals surface area contributed by atoms with Gasteiger partial charge < -0.3 is 15.2 Å². The van der Waals surface area contributed by atoms with Crippen molar-refractivity contribution in [3.63, 3.8) is 0 Å². The van der Waals surface area contributed by atoms with Crippen LogP contribution in [0.1, 0.15) is 13.8 Å². The van der Waals surface area contributed by atoms with Gasteiger partial charge in [-0.15, -0.1) is 0 Å². The molecule has 2 atom stereocenters. The minimum atomic E-state index is -0.785. The number of rotatable bonds is 5. The molecule has 2 N–H and O–H groups in total. The van der Waals surface area contributed by atoms with Crippen molar-refractivity contribution in [2.75, 3.05) is 6.54 Å². The highest BCUT2D eigenvalue weighted by atomic mass is 35.5. The first-order valence-corrected chi connectivity index (χ1v) is 5.85. The first-order chi connectivity index (χ1) is 8.40. The van der Waals surface area contributed by atoms with Crippen molar-refractivity contribution < 1.29 is 19.0 Å². The predicted molar refractivity (Wildman–Crippen MR) is 66.2 cm³/mol. The number of benzene rings is 1. The molecule has 6 heteroatoms. The molecule has 0 aliphatic carbocycles. The normalized spacial score (nSPS) is 13.8. The second-order valence-corrected chi connectivity index (χ2v) is 4.34. The molecule has 100 valence electrons. The van der Waals surface area contributed by atoms with Gasteiger partial charge >= 0.3 is 0 Å². The molecule has 1 amide bonds. The fourth-order valence-corrected chi connectivity index (χ4v) is 1.42. The summed E-state index contributed by atoms with van der Waals surface area (Å²) in [4.78, 5) is 11.6. The SMILES string of the molecule is CC(O)CNC(=O)C(C)Oc1ccc(F)cc1Cl. The standard InChI is InChI=1S/C12H15ClFNO3/c1-7(16)6-15-12(17)8(2)18-11-4-3-9(14)5-10(11)13/h3-5,7-8,16H,6H2,1-2H3,(H,15,17). The van der Waals surface area contributed by atoms with Crippen LogP contribution in [0.2, 0.25) is 5.02 Å². The minimum Gasteiger partial charge on any atom is -0.479 e. The van der Waals surface area contributed by atoms with E-state index < -0.39 is 18.0 Å². The van der Waals surface area contributed by atoms with Gasteiger partial charge in [-0.25, -0.2) is 4.39 Å². The van der Waals surface area contributed by atoms with Gasteiger partial charge in [-0.05, 0) is 32.0 Å². The number of aliphatic hydroxyl groups excluding tert-OH is 1. The lowest BCUT2D eigenvalue weighted by Crippen LogP contribution is -2.39. The molecule has 0 aliphatic heterocycles. The Balaban J connectivity index is 2.58. The molecule has 0 bridgehead atoms. The molecule has 0 aromatic heterocycles. The highest BCUT2D eigenvalue weighted by molar-refractivity contribution is 6.32. The Bertz CT molecular complexity index is 426. The summed E-state index contributed by atoms with van der Waals surface area (Å²) >= 11 is 5.77. The second kappa shape index (κ2) is 6.56. The Hall–Kier alpha value is -1.33. The van der Waals surface area contributed by atoms with Crippen molar-refractivity contribution in [2.45, 2.75) is 26.1 Å². The lowest BCUT2D eigenvalue weighted by molar-refractivity contribution is -0.127. The van der Waals surface area contributed by atoms with Crippen LogP contribution in [0.4, 0.5) is 4.39 Å². The summed E-state index contributed by atoms with van der Waals surface area (Å²) in [7, 11) is 0. The molecule has 1 aromatic carbocycles. The molecular formula is C12H15ClFNO3. The number of halogens is 2. The predicted octanol–water partition coefficient (Wildman–Crippen LogP) is 1.74. The van der Waals surface area contributed by atoms with Gasteiger partial charge in [-0.1, -0.05) is 11.6 Å². The van der Waals surface area contributed by atoms with E-state index >= 15 is 0 Å². The number of hydrogen-bond donors (Lipinski definition) is 2. The zero-order valence-corrected chi connectivity index (χ0v) is 10.9. The summed E-state index contributed by atoms with van der Waals surface area (Å²) in [6.07, 6.45) is -1.41. The van der Waals surface area contributed by atoms with Crippen molar-refractivity contribution in [3.05, 3.63) is 29.0 Å². The van der Waals surface area contributed by atoms with Gasteiger partial charge in [0.25, 0.3) is 5.91 Å². The molecule has 2 unspecified atom stereocenters. The Morgan fingerprint density at radius 3 is 2.78 bits per heavy atom. The number of ether oxygens (including phenoxy) is 1. The molecule has 0 aliphatic rings. The van der Waals surface area contributed by atoms with Crippen LogP contribution in [-0.4, -0.2) is 29.8 Å². The third kappa shape index (κ3) is 4.50. The summed E-state index contributed by atoms with van der Waals surface area (Å²) in [5, 5.41) is 11.6. The smallest absolute Gasteiger partial charge is 0.260 e. The van der Waals surface area contributed by atoms with Crippen LogP contribution in [0.25, 0.3) is 0 Å². The Kier molecular flexibility index (Phi) is 5.37. The molecule has 0 saturated carbocycles. The van der Waals surface area contributed by atoms with Crippen molar-refractivity contribution in [1.29, 1.82) is 0 Å². The van der Waals surface area contributed by atoms with E-state index in [-0.39, 0.29) is 23.2 Å². The van der Waals surface area contributed by atoms with Gasteiger partial charge in [-0.2, -0.15) is 0 Å². The van der Waals surface area contributed by atoms with E-state index in [1.54, 1.807) is 6.92 Å². The monoisotopic (exact) mass is 275 g/mol. The van der Waals surface area contributed by atoms with E-state index in [9.17, 15) is 9.18 Å². The van der Waals surface area contributed by atoms with Gasteiger partial charge in [-0.3, -0.25) is 4.79 Å². The van der Waals surface area contributed by atoms with Gasteiger partial charge in [0.15, 0.2) is 6.10 Å². The fourth-order valence-electron chi connectivity index (χ4n) is 1.21. The Morgan fingerprint density at radius 1 is 1.56 bits per heavy atom. The molecular weight excluding hydrogens is 261 g/mol. The molecule has 18 heavy (non-hydrogen) atoms. The van der Waals surface area contributed by atoms with E-state index in [2.05, 4.69) is 5.32 Å². The average molecular weight is 276 g/mol. The highest BCUT2D eigenvalue weighted by Crippen LogP contribution is 2.25. The van der Waals surface area contributed by atoms with Crippen molar-refractivity contribution in [3.8, 4) is 5.75 Å². The number of aliphatic hydroxyl groups is 1. The minimum absolute atomic E-state index is 0.102. The summed E-state index contributed by atoms with van der Waals surface area (Å²) in [5.74, 6) is -0.618. The van der Waals surface area contributed by atoms with Gasteiger partial charge in [0.05, 0.1) is 11.1 Å². The number of hydrogen-bond acceptors (Lipinski definition) is 3. The highest BCUT2D eigenvalue weighted by Gasteiger charge is 2.16. The molecule has 1 rings (SSSR count). The van der Waals surface area contributed by atoms with Crippen molar-refractivity contribution >= 4 is 17.5 Å². The third-order valence-electron chi connectivity index (χ3n) is 2.14. The van der Waals surface area contributed by atoms with Crippen LogP contribution >= 0.6 is 11.6 Å². The maximum Gasteiger partial charge on any atom is 0.260 e. The van der Waals surface area contributed by atoms with E-state index in [0.29, 0.717) is 0 Å². The van der Waals surface area contributed by atoms with E-state index in [1.165, 1.54) is 19.1 Å². The third-order valence-corrected chi connectivity index (χ3v) is 2.43.